The molecule has 2 aromatic rings. The second kappa shape index (κ2) is 4.58. The van der Waals surface area contributed by atoms with Crippen LogP contribution in [-0.2, 0) is 0 Å². The van der Waals surface area contributed by atoms with Crippen LogP contribution in [0.1, 0.15) is 15.4 Å². The Labute approximate surface area is 117 Å². The standard InChI is InChI=1S/C11H10ClIN2S/c1-5-4-8(7(3)16-5)11-14-6(2)9(13)10(12)15-11/h4H,1-3H3. The average Bonchev–Trinajstić information content (AvgIpc) is 2.53. The van der Waals surface area contributed by atoms with Crippen LogP contribution in [0.15, 0.2) is 6.07 Å². The van der Waals surface area contributed by atoms with Crippen LogP contribution in [0, 0.1) is 24.3 Å². The maximum absolute atomic E-state index is 6.07. The highest BCUT2D eigenvalue weighted by atomic mass is 127. The number of aryl methyl sites for hydroxylation is 3. The van der Waals surface area contributed by atoms with Gasteiger partial charge >= 0.3 is 0 Å². The molecule has 0 spiro atoms. The molecule has 0 bridgehead atoms. The zero-order valence-electron chi connectivity index (χ0n) is 9.14. The lowest BCUT2D eigenvalue weighted by Gasteiger charge is -2.04. The molecule has 0 amide bonds. The highest BCUT2D eigenvalue weighted by Crippen LogP contribution is 2.30. The Kier molecular flexibility index (Phi) is 3.51. The van der Waals surface area contributed by atoms with Gasteiger partial charge in [0.25, 0.3) is 0 Å². The quantitative estimate of drug-likeness (QED) is 0.554. The van der Waals surface area contributed by atoms with E-state index in [4.69, 9.17) is 11.6 Å². The number of hydrogen-bond donors (Lipinski definition) is 0. The van der Waals surface area contributed by atoms with Crippen molar-refractivity contribution >= 4 is 45.5 Å². The van der Waals surface area contributed by atoms with Crippen LogP contribution < -0.4 is 0 Å². The van der Waals surface area contributed by atoms with Crippen molar-refractivity contribution < 1.29 is 0 Å². The summed E-state index contributed by atoms with van der Waals surface area (Å²) < 4.78 is 0.924. The lowest BCUT2D eigenvalue weighted by Crippen LogP contribution is -1.96. The third-order valence-electron chi connectivity index (χ3n) is 2.26. The van der Waals surface area contributed by atoms with Crippen molar-refractivity contribution in [1.82, 2.24) is 9.97 Å². The summed E-state index contributed by atoms with van der Waals surface area (Å²) in [5.74, 6) is 0.727. The van der Waals surface area contributed by atoms with E-state index < -0.39 is 0 Å². The number of thiophene rings is 1. The first-order chi connectivity index (χ1) is 7.49. The number of rotatable bonds is 1. The van der Waals surface area contributed by atoms with Gasteiger partial charge < -0.3 is 0 Å². The fraction of sp³-hybridized carbons (Fsp3) is 0.273. The summed E-state index contributed by atoms with van der Waals surface area (Å²) >= 11 is 9.99. The Bertz CT molecular complexity index is 528. The number of aromatic nitrogens is 2. The molecule has 0 aliphatic rings. The molecule has 0 aliphatic heterocycles. The molecule has 0 saturated carbocycles. The largest absolute Gasteiger partial charge is 0.232 e. The zero-order chi connectivity index (χ0) is 11.9. The lowest BCUT2D eigenvalue weighted by atomic mass is 10.2. The van der Waals surface area contributed by atoms with Crippen molar-refractivity contribution in [1.29, 1.82) is 0 Å². The van der Waals surface area contributed by atoms with E-state index in [0.717, 1.165) is 20.7 Å². The van der Waals surface area contributed by atoms with Crippen molar-refractivity contribution in [3.63, 3.8) is 0 Å². The molecule has 2 rings (SSSR count). The summed E-state index contributed by atoms with van der Waals surface area (Å²) in [4.78, 5) is 11.3. The highest BCUT2D eigenvalue weighted by Gasteiger charge is 2.12. The molecule has 2 aromatic heterocycles. The fourth-order valence-electron chi connectivity index (χ4n) is 1.50. The van der Waals surface area contributed by atoms with E-state index in [0.29, 0.717) is 5.15 Å². The molecule has 0 atom stereocenters. The molecule has 0 N–H and O–H groups in total. The normalized spacial score (nSPS) is 10.8. The molecule has 2 nitrogen and oxygen atoms in total. The first kappa shape index (κ1) is 12.3. The number of nitrogens with zero attached hydrogens (tertiary/aromatic N) is 2. The highest BCUT2D eigenvalue weighted by molar-refractivity contribution is 14.1. The van der Waals surface area contributed by atoms with Crippen LogP contribution in [0.25, 0.3) is 11.4 Å². The van der Waals surface area contributed by atoms with Crippen LogP contribution in [0.2, 0.25) is 5.15 Å². The monoisotopic (exact) mass is 364 g/mol. The van der Waals surface area contributed by atoms with E-state index in [2.05, 4.69) is 52.5 Å². The molecule has 84 valence electrons. The van der Waals surface area contributed by atoms with Gasteiger partial charge in [0.1, 0.15) is 5.15 Å². The van der Waals surface area contributed by atoms with Gasteiger partial charge in [-0.3, -0.25) is 0 Å². The predicted octanol–water partition coefficient (Wildman–Crippen LogP) is 4.39. The van der Waals surface area contributed by atoms with Gasteiger partial charge in [0, 0.05) is 15.3 Å². The Morgan fingerprint density at radius 3 is 2.44 bits per heavy atom. The molecular formula is C11H10ClIN2S. The van der Waals surface area contributed by atoms with E-state index in [1.54, 1.807) is 11.3 Å². The van der Waals surface area contributed by atoms with Crippen LogP contribution >= 0.6 is 45.5 Å². The van der Waals surface area contributed by atoms with Crippen LogP contribution in [0.4, 0.5) is 0 Å². The van der Waals surface area contributed by atoms with E-state index in [9.17, 15) is 0 Å². The molecule has 0 saturated heterocycles. The van der Waals surface area contributed by atoms with Crippen molar-refractivity contribution in [2.75, 3.05) is 0 Å². The van der Waals surface area contributed by atoms with Gasteiger partial charge in [0.15, 0.2) is 5.82 Å². The number of halogens is 2. The first-order valence-electron chi connectivity index (χ1n) is 4.76. The Balaban J connectivity index is 2.61. The minimum Gasteiger partial charge on any atom is -0.232 e. The van der Waals surface area contributed by atoms with Gasteiger partial charge in [-0.25, -0.2) is 9.97 Å². The number of hydrogen-bond acceptors (Lipinski definition) is 3. The third kappa shape index (κ3) is 2.24. The Hall–Kier alpha value is -0.200. The SMILES string of the molecule is Cc1cc(-c2nc(C)c(I)c(Cl)n2)c(C)s1. The second-order valence-electron chi connectivity index (χ2n) is 3.56. The maximum atomic E-state index is 6.07. The molecule has 0 aromatic carbocycles. The predicted molar refractivity (Wildman–Crippen MR) is 77.3 cm³/mol. The van der Waals surface area contributed by atoms with Gasteiger partial charge in [0.2, 0.25) is 0 Å². The van der Waals surface area contributed by atoms with E-state index in [1.807, 2.05) is 6.92 Å². The molecule has 2 heterocycles. The molecule has 0 unspecified atom stereocenters. The van der Waals surface area contributed by atoms with Crippen LogP contribution in [0.3, 0.4) is 0 Å². The van der Waals surface area contributed by atoms with Crippen molar-refractivity contribution in [2.45, 2.75) is 20.8 Å². The van der Waals surface area contributed by atoms with Gasteiger partial charge in [-0.05, 0) is 49.4 Å². The maximum Gasteiger partial charge on any atom is 0.162 e. The minimum atomic E-state index is 0.534. The summed E-state index contributed by atoms with van der Waals surface area (Å²) in [6, 6.07) is 2.11. The Morgan fingerprint density at radius 1 is 1.25 bits per heavy atom. The average molecular weight is 365 g/mol. The third-order valence-corrected chi connectivity index (χ3v) is 5.11. The van der Waals surface area contributed by atoms with E-state index in [-0.39, 0.29) is 0 Å². The topological polar surface area (TPSA) is 25.8 Å². The van der Waals surface area contributed by atoms with Crippen LogP contribution in [0.5, 0.6) is 0 Å². The summed E-state index contributed by atoms with van der Waals surface area (Å²) in [5.41, 5.74) is 2.02. The second-order valence-corrected chi connectivity index (χ2v) is 6.46. The molecular weight excluding hydrogens is 355 g/mol. The summed E-state index contributed by atoms with van der Waals surface area (Å²) in [6.07, 6.45) is 0. The molecule has 16 heavy (non-hydrogen) atoms. The van der Waals surface area contributed by atoms with E-state index in [1.165, 1.54) is 9.75 Å². The molecule has 0 radical (unpaired) electrons. The molecule has 0 aliphatic carbocycles. The first-order valence-corrected chi connectivity index (χ1v) is 7.03. The van der Waals surface area contributed by atoms with Gasteiger partial charge in [-0.2, -0.15) is 0 Å². The van der Waals surface area contributed by atoms with Gasteiger partial charge in [-0.1, -0.05) is 11.6 Å². The van der Waals surface area contributed by atoms with Gasteiger partial charge in [0.05, 0.1) is 9.26 Å². The summed E-state index contributed by atoms with van der Waals surface area (Å²) in [5, 5.41) is 0.534. The summed E-state index contributed by atoms with van der Waals surface area (Å²) in [7, 11) is 0. The van der Waals surface area contributed by atoms with Crippen molar-refractivity contribution in [3.05, 3.63) is 30.2 Å². The molecule has 0 fully saturated rings. The lowest BCUT2D eigenvalue weighted by molar-refractivity contribution is 1.09. The van der Waals surface area contributed by atoms with Gasteiger partial charge in [-0.15, -0.1) is 11.3 Å². The van der Waals surface area contributed by atoms with E-state index >= 15 is 0 Å². The van der Waals surface area contributed by atoms with Crippen LogP contribution in [-0.4, -0.2) is 9.97 Å². The van der Waals surface area contributed by atoms with Crippen molar-refractivity contribution in [3.8, 4) is 11.4 Å². The fourth-order valence-corrected chi connectivity index (χ4v) is 2.88. The minimum absolute atomic E-state index is 0.534. The molecule has 5 heteroatoms. The summed E-state index contributed by atoms with van der Waals surface area (Å²) in [6.45, 7) is 6.12. The zero-order valence-corrected chi connectivity index (χ0v) is 12.9. The van der Waals surface area contributed by atoms with Crippen molar-refractivity contribution in [2.24, 2.45) is 0 Å². The Morgan fingerprint density at radius 2 is 1.94 bits per heavy atom. The smallest absolute Gasteiger partial charge is 0.162 e.